The Morgan fingerprint density at radius 1 is 0.941 bits per heavy atom. The molecule has 34 heavy (non-hydrogen) atoms. The molecule has 0 spiro atoms. The molecule has 6 heteroatoms. The Morgan fingerprint density at radius 2 is 1.53 bits per heavy atom. The number of aromatic nitrogens is 1. The number of rotatable bonds is 6. The average molecular weight is 456 g/mol. The Balaban J connectivity index is 1.91. The van der Waals surface area contributed by atoms with Crippen LogP contribution in [0, 0.1) is 13.8 Å². The quantitative estimate of drug-likeness (QED) is 0.315. The molecule has 2 aromatic carbocycles. The summed E-state index contributed by atoms with van der Waals surface area (Å²) in [4.78, 5) is 34.3. The first kappa shape index (κ1) is 23.2. The molecule has 1 aliphatic heterocycles. The summed E-state index contributed by atoms with van der Waals surface area (Å²) in [5.41, 5.74) is 4.94. The first-order valence-electron chi connectivity index (χ1n) is 11.5. The minimum atomic E-state index is -0.750. The van der Waals surface area contributed by atoms with Crippen LogP contribution < -0.4 is 9.80 Å². The molecule has 1 saturated heterocycles. The van der Waals surface area contributed by atoms with E-state index in [1.54, 1.807) is 24.5 Å². The summed E-state index contributed by atoms with van der Waals surface area (Å²) in [6.07, 6.45) is 3.09. The highest BCUT2D eigenvalue weighted by Gasteiger charge is 2.47. The van der Waals surface area contributed by atoms with E-state index in [1.807, 2.05) is 56.3 Å². The fraction of sp³-hybridized carbons (Fsp3) is 0.250. The van der Waals surface area contributed by atoms with Crippen LogP contribution in [-0.4, -0.2) is 34.9 Å². The molecule has 1 fully saturated rings. The first-order chi connectivity index (χ1) is 16.3. The van der Waals surface area contributed by atoms with Gasteiger partial charge in [-0.3, -0.25) is 19.5 Å². The van der Waals surface area contributed by atoms with Crippen molar-refractivity contribution >= 4 is 28.8 Å². The van der Waals surface area contributed by atoms with Crippen molar-refractivity contribution in [3.63, 3.8) is 0 Å². The van der Waals surface area contributed by atoms with Gasteiger partial charge in [-0.05, 0) is 80.8 Å². The average Bonchev–Trinajstić information content (AvgIpc) is 3.10. The lowest BCUT2D eigenvalue weighted by molar-refractivity contribution is -0.132. The normalized spacial score (nSPS) is 17.3. The van der Waals surface area contributed by atoms with Crippen LogP contribution in [0.5, 0.6) is 0 Å². The van der Waals surface area contributed by atoms with Gasteiger partial charge in [0.2, 0.25) is 0 Å². The van der Waals surface area contributed by atoms with E-state index < -0.39 is 17.7 Å². The third kappa shape index (κ3) is 4.19. The first-order valence-corrected chi connectivity index (χ1v) is 11.5. The van der Waals surface area contributed by atoms with E-state index in [1.165, 1.54) is 4.90 Å². The van der Waals surface area contributed by atoms with Gasteiger partial charge in [0.15, 0.2) is 0 Å². The van der Waals surface area contributed by atoms with Crippen LogP contribution in [0.15, 0.2) is 72.6 Å². The second kappa shape index (κ2) is 9.51. The summed E-state index contributed by atoms with van der Waals surface area (Å²) in [5, 5.41) is 11.2. The van der Waals surface area contributed by atoms with Gasteiger partial charge in [0.1, 0.15) is 5.76 Å². The molecule has 3 aromatic rings. The number of amides is 1. The van der Waals surface area contributed by atoms with Gasteiger partial charge in [-0.1, -0.05) is 18.2 Å². The molecule has 0 aliphatic carbocycles. The molecule has 1 unspecified atom stereocenters. The summed E-state index contributed by atoms with van der Waals surface area (Å²) in [5.74, 6) is -1.56. The van der Waals surface area contributed by atoms with Crippen molar-refractivity contribution in [3.8, 4) is 0 Å². The number of nitrogens with zero attached hydrogens (tertiary/aromatic N) is 3. The van der Waals surface area contributed by atoms with Crippen LogP contribution in [0.4, 0.5) is 11.4 Å². The maximum Gasteiger partial charge on any atom is 0.300 e. The Bertz CT molecular complexity index is 1230. The summed E-state index contributed by atoms with van der Waals surface area (Å²) >= 11 is 0. The lowest BCUT2D eigenvalue weighted by atomic mass is 9.95. The van der Waals surface area contributed by atoms with E-state index in [2.05, 4.69) is 23.7 Å². The van der Waals surface area contributed by atoms with Crippen molar-refractivity contribution in [3.05, 3.63) is 94.8 Å². The number of aliphatic hydroxyl groups excluding tert-OH is 1. The van der Waals surface area contributed by atoms with Crippen molar-refractivity contribution in [1.82, 2.24) is 4.98 Å². The maximum absolute atomic E-state index is 13.3. The summed E-state index contributed by atoms with van der Waals surface area (Å²) in [6.45, 7) is 9.86. The van der Waals surface area contributed by atoms with E-state index >= 15 is 0 Å². The fourth-order valence-corrected chi connectivity index (χ4v) is 4.63. The van der Waals surface area contributed by atoms with E-state index in [4.69, 9.17) is 0 Å². The van der Waals surface area contributed by atoms with Crippen molar-refractivity contribution in [2.75, 3.05) is 22.9 Å². The molecular weight excluding hydrogens is 426 g/mol. The highest BCUT2D eigenvalue weighted by atomic mass is 16.3. The van der Waals surface area contributed by atoms with Crippen LogP contribution >= 0.6 is 0 Å². The number of benzene rings is 2. The van der Waals surface area contributed by atoms with Crippen LogP contribution in [0.3, 0.4) is 0 Å². The molecule has 1 aromatic heterocycles. The number of Topliss-reactive ketones (excluding diaryl/α,β-unsaturated/α-hetero) is 1. The van der Waals surface area contributed by atoms with E-state index in [9.17, 15) is 14.7 Å². The van der Waals surface area contributed by atoms with Crippen molar-refractivity contribution in [1.29, 1.82) is 0 Å². The van der Waals surface area contributed by atoms with Crippen LogP contribution in [0.2, 0.25) is 0 Å². The SMILES string of the molecule is CCN(CC)c1ccc(C2/C(=C(\O)c3ccncc3)C(=O)C(=O)N2c2cc(C)cc(C)c2)cc1. The number of aliphatic hydroxyl groups is 1. The van der Waals surface area contributed by atoms with Crippen molar-refractivity contribution in [2.45, 2.75) is 33.7 Å². The number of carbonyl (C=O) groups excluding carboxylic acids is 2. The van der Waals surface area contributed by atoms with Gasteiger partial charge < -0.3 is 10.0 Å². The van der Waals surface area contributed by atoms with E-state index in [0.717, 1.165) is 35.5 Å². The zero-order valence-electron chi connectivity index (χ0n) is 19.9. The molecule has 1 aliphatic rings. The summed E-state index contributed by atoms with van der Waals surface area (Å²) < 4.78 is 0. The molecule has 2 heterocycles. The topological polar surface area (TPSA) is 73.7 Å². The number of aryl methyl sites for hydroxylation is 2. The lowest BCUT2D eigenvalue weighted by Crippen LogP contribution is -2.29. The summed E-state index contributed by atoms with van der Waals surface area (Å²) in [7, 11) is 0. The van der Waals surface area contributed by atoms with Crippen LogP contribution in [0.25, 0.3) is 5.76 Å². The highest BCUT2D eigenvalue weighted by Crippen LogP contribution is 2.42. The Morgan fingerprint density at radius 3 is 2.09 bits per heavy atom. The number of hydrogen-bond donors (Lipinski definition) is 1. The Kier molecular flexibility index (Phi) is 6.50. The van der Waals surface area contributed by atoms with Crippen molar-refractivity contribution in [2.24, 2.45) is 0 Å². The van der Waals surface area contributed by atoms with Gasteiger partial charge >= 0.3 is 0 Å². The summed E-state index contributed by atoms with van der Waals surface area (Å²) in [6, 6.07) is 16.2. The van der Waals surface area contributed by atoms with Crippen LogP contribution in [0.1, 0.15) is 42.1 Å². The molecule has 1 N–H and O–H groups in total. The smallest absolute Gasteiger partial charge is 0.300 e. The number of pyridine rings is 1. The minimum Gasteiger partial charge on any atom is -0.507 e. The largest absolute Gasteiger partial charge is 0.507 e. The Labute approximate surface area is 200 Å². The molecule has 0 bridgehead atoms. The number of hydrogen-bond acceptors (Lipinski definition) is 5. The monoisotopic (exact) mass is 455 g/mol. The minimum absolute atomic E-state index is 0.0750. The second-order valence-electron chi connectivity index (χ2n) is 8.51. The molecule has 6 nitrogen and oxygen atoms in total. The molecule has 4 rings (SSSR count). The van der Waals surface area contributed by atoms with Gasteiger partial charge in [0, 0.05) is 42.4 Å². The lowest BCUT2D eigenvalue weighted by Gasteiger charge is -2.27. The predicted octanol–water partition coefficient (Wildman–Crippen LogP) is 5.17. The molecule has 174 valence electrons. The van der Waals surface area contributed by atoms with Gasteiger partial charge in [-0.25, -0.2) is 0 Å². The highest BCUT2D eigenvalue weighted by molar-refractivity contribution is 6.51. The zero-order chi connectivity index (χ0) is 24.4. The Hall–Kier alpha value is -3.93. The second-order valence-corrected chi connectivity index (χ2v) is 8.51. The number of ketones is 1. The van der Waals surface area contributed by atoms with E-state index in [-0.39, 0.29) is 11.3 Å². The molecule has 1 amide bonds. The number of anilines is 2. The molecular formula is C28H29N3O3. The van der Waals surface area contributed by atoms with Gasteiger partial charge in [-0.15, -0.1) is 0 Å². The van der Waals surface area contributed by atoms with Crippen LogP contribution in [-0.2, 0) is 9.59 Å². The predicted molar refractivity (Wildman–Crippen MR) is 135 cm³/mol. The molecule has 0 saturated carbocycles. The van der Waals surface area contributed by atoms with Gasteiger partial charge in [0.25, 0.3) is 11.7 Å². The maximum atomic E-state index is 13.3. The van der Waals surface area contributed by atoms with Gasteiger partial charge in [0.05, 0.1) is 11.6 Å². The molecule has 0 radical (unpaired) electrons. The van der Waals surface area contributed by atoms with E-state index in [0.29, 0.717) is 11.3 Å². The zero-order valence-corrected chi connectivity index (χ0v) is 19.9. The number of carbonyl (C=O) groups is 2. The third-order valence-electron chi connectivity index (χ3n) is 6.22. The standard InChI is InChI=1S/C28H29N3O3/c1-5-30(6-2)22-9-7-20(8-10-22)25-24(26(32)21-11-13-29-14-12-21)27(33)28(34)31(25)23-16-18(3)15-19(4)17-23/h7-17,25,32H,5-6H2,1-4H3/b26-24+. The third-order valence-corrected chi connectivity index (χ3v) is 6.22. The van der Waals surface area contributed by atoms with Crippen molar-refractivity contribution < 1.29 is 14.7 Å². The molecule has 1 atom stereocenters. The van der Waals surface area contributed by atoms with Gasteiger partial charge in [-0.2, -0.15) is 0 Å². The fourth-order valence-electron chi connectivity index (χ4n) is 4.63.